The lowest BCUT2D eigenvalue weighted by molar-refractivity contribution is 0.259. The molecule has 0 amide bonds. The average Bonchev–Trinajstić information content (AvgIpc) is 2.70. The van der Waals surface area contributed by atoms with Crippen LogP contribution in [0, 0.1) is 11.3 Å². The van der Waals surface area contributed by atoms with E-state index < -0.39 is 0 Å². The van der Waals surface area contributed by atoms with Gasteiger partial charge in [0.2, 0.25) is 0 Å². The highest BCUT2D eigenvalue weighted by atomic mass is 14.9. The van der Waals surface area contributed by atoms with E-state index in [2.05, 4.69) is 19.2 Å². The van der Waals surface area contributed by atoms with Gasteiger partial charge in [0.05, 0.1) is 0 Å². The van der Waals surface area contributed by atoms with Gasteiger partial charge in [0, 0.05) is 6.04 Å². The van der Waals surface area contributed by atoms with Gasteiger partial charge in [-0.05, 0) is 43.6 Å². The first-order chi connectivity index (χ1) is 6.26. The maximum atomic E-state index is 3.73. The van der Waals surface area contributed by atoms with Crippen LogP contribution in [0.15, 0.2) is 0 Å². The maximum absolute atomic E-state index is 3.73. The molecule has 1 N–H and O–H groups in total. The first-order valence-corrected chi connectivity index (χ1v) is 5.99. The predicted molar refractivity (Wildman–Crippen MR) is 56.8 cm³/mol. The largest absolute Gasteiger partial charge is 0.313 e. The molecule has 0 spiro atoms. The molecule has 0 aromatic carbocycles. The van der Waals surface area contributed by atoms with Crippen LogP contribution in [0.2, 0.25) is 0 Å². The molecular formula is C12H23N. The second-order valence-electron chi connectivity index (χ2n) is 5.23. The third-order valence-corrected chi connectivity index (χ3v) is 4.08. The molecule has 0 saturated heterocycles. The zero-order valence-electron chi connectivity index (χ0n) is 9.10. The summed E-state index contributed by atoms with van der Waals surface area (Å²) < 4.78 is 0. The summed E-state index contributed by atoms with van der Waals surface area (Å²) in [6.45, 7) is 5.86. The van der Waals surface area contributed by atoms with Gasteiger partial charge in [-0.1, -0.05) is 26.7 Å². The standard InChI is InChI=1S/C12H23N/c1-3-13-11(12(2)8-9-12)10-6-4-5-7-10/h10-11,13H,3-9H2,1-2H3. The Kier molecular flexibility index (Phi) is 2.64. The first kappa shape index (κ1) is 9.51. The highest BCUT2D eigenvalue weighted by Crippen LogP contribution is 2.52. The van der Waals surface area contributed by atoms with Crippen molar-refractivity contribution in [1.29, 1.82) is 0 Å². The van der Waals surface area contributed by atoms with Gasteiger partial charge in [-0.25, -0.2) is 0 Å². The van der Waals surface area contributed by atoms with Gasteiger partial charge in [-0.15, -0.1) is 0 Å². The summed E-state index contributed by atoms with van der Waals surface area (Å²) in [6, 6.07) is 0.833. The predicted octanol–water partition coefficient (Wildman–Crippen LogP) is 2.95. The van der Waals surface area contributed by atoms with Crippen LogP contribution < -0.4 is 5.32 Å². The summed E-state index contributed by atoms with van der Waals surface area (Å²) in [4.78, 5) is 0. The van der Waals surface area contributed by atoms with E-state index in [1.54, 1.807) is 0 Å². The molecule has 2 aliphatic carbocycles. The van der Waals surface area contributed by atoms with E-state index in [-0.39, 0.29) is 0 Å². The molecule has 0 aromatic heterocycles. The summed E-state index contributed by atoms with van der Waals surface area (Å²) in [7, 11) is 0. The minimum Gasteiger partial charge on any atom is -0.313 e. The zero-order valence-corrected chi connectivity index (χ0v) is 9.10. The van der Waals surface area contributed by atoms with Gasteiger partial charge < -0.3 is 5.32 Å². The van der Waals surface area contributed by atoms with Crippen molar-refractivity contribution < 1.29 is 0 Å². The Balaban J connectivity index is 1.95. The normalized spacial score (nSPS) is 29.1. The molecule has 2 rings (SSSR count). The summed E-state index contributed by atoms with van der Waals surface area (Å²) in [5, 5.41) is 3.73. The Hall–Kier alpha value is -0.0400. The molecule has 0 aliphatic heterocycles. The molecule has 1 unspecified atom stereocenters. The van der Waals surface area contributed by atoms with Gasteiger partial charge in [0.25, 0.3) is 0 Å². The molecule has 13 heavy (non-hydrogen) atoms. The summed E-state index contributed by atoms with van der Waals surface area (Å²) in [5.74, 6) is 0.993. The summed E-state index contributed by atoms with van der Waals surface area (Å²) in [5.41, 5.74) is 0.672. The van der Waals surface area contributed by atoms with Crippen LogP contribution in [0.25, 0.3) is 0 Å². The van der Waals surface area contributed by atoms with E-state index >= 15 is 0 Å². The molecule has 2 aliphatic rings. The smallest absolute Gasteiger partial charge is 0.0149 e. The van der Waals surface area contributed by atoms with Crippen LogP contribution in [-0.2, 0) is 0 Å². The Labute approximate surface area is 82.3 Å². The SMILES string of the molecule is CCNC(C1CCCC1)C1(C)CC1. The lowest BCUT2D eigenvalue weighted by Crippen LogP contribution is -2.41. The van der Waals surface area contributed by atoms with Crippen molar-refractivity contribution in [2.75, 3.05) is 6.54 Å². The van der Waals surface area contributed by atoms with Gasteiger partial charge in [0.15, 0.2) is 0 Å². The fraction of sp³-hybridized carbons (Fsp3) is 1.00. The molecule has 2 saturated carbocycles. The van der Waals surface area contributed by atoms with E-state index in [1.807, 2.05) is 0 Å². The van der Waals surface area contributed by atoms with Crippen molar-refractivity contribution in [3.05, 3.63) is 0 Å². The van der Waals surface area contributed by atoms with Crippen LogP contribution in [0.1, 0.15) is 52.4 Å². The molecule has 2 fully saturated rings. The van der Waals surface area contributed by atoms with Gasteiger partial charge in [0.1, 0.15) is 0 Å². The second-order valence-corrected chi connectivity index (χ2v) is 5.23. The number of rotatable bonds is 4. The second kappa shape index (κ2) is 3.61. The van der Waals surface area contributed by atoms with Crippen LogP contribution in [-0.4, -0.2) is 12.6 Å². The minimum atomic E-state index is 0.672. The van der Waals surface area contributed by atoms with Crippen molar-refractivity contribution in [3.63, 3.8) is 0 Å². The van der Waals surface area contributed by atoms with Gasteiger partial charge >= 0.3 is 0 Å². The lowest BCUT2D eigenvalue weighted by Gasteiger charge is -2.30. The maximum Gasteiger partial charge on any atom is 0.0149 e. The fourth-order valence-electron chi connectivity index (χ4n) is 3.00. The van der Waals surface area contributed by atoms with Crippen LogP contribution in [0.4, 0.5) is 0 Å². The number of hydrogen-bond acceptors (Lipinski definition) is 1. The van der Waals surface area contributed by atoms with E-state index in [1.165, 1.54) is 38.5 Å². The van der Waals surface area contributed by atoms with Crippen molar-refractivity contribution in [2.45, 2.75) is 58.4 Å². The zero-order chi connectivity index (χ0) is 9.31. The molecule has 0 radical (unpaired) electrons. The highest BCUT2D eigenvalue weighted by Gasteiger charge is 2.47. The van der Waals surface area contributed by atoms with Crippen LogP contribution in [0.3, 0.4) is 0 Å². The van der Waals surface area contributed by atoms with E-state index in [0.717, 1.165) is 18.5 Å². The molecule has 1 heteroatoms. The molecular weight excluding hydrogens is 158 g/mol. The first-order valence-electron chi connectivity index (χ1n) is 5.99. The molecule has 0 bridgehead atoms. The Morgan fingerprint density at radius 3 is 2.38 bits per heavy atom. The Morgan fingerprint density at radius 2 is 1.92 bits per heavy atom. The number of hydrogen-bond donors (Lipinski definition) is 1. The van der Waals surface area contributed by atoms with Crippen LogP contribution in [0.5, 0.6) is 0 Å². The Morgan fingerprint density at radius 1 is 1.31 bits per heavy atom. The quantitative estimate of drug-likeness (QED) is 0.703. The van der Waals surface area contributed by atoms with Crippen LogP contribution >= 0.6 is 0 Å². The van der Waals surface area contributed by atoms with E-state index in [0.29, 0.717) is 5.41 Å². The Bertz CT molecular complexity index is 166. The van der Waals surface area contributed by atoms with Crippen molar-refractivity contribution in [2.24, 2.45) is 11.3 Å². The van der Waals surface area contributed by atoms with E-state index in [9.17, 15) is 0 Å². The molecule has 0 aromatic rings. The lowest BCUT2D eigenvalue weighted by atomic mass is 9.85. The van der Waals surface area contributed by atoms with Crippen molar-refractivity contribution in [1.82, 2.24) is 5.32 Å². The third kappa shape index (κ3) is 1.90. The number of nitrogens with one attached hydrogen (secondary N) is 1. The average molecular weight is 181 g/mol. The third-order valence-electron chi connectivity index (χ3n) is 4.08. The molecule has 0 heterocycles. The molecule has 76 valence electrons. The highest BCUT2D eigenvalue weighted by molar-refractivity contribution is 5.02. The summed E-state index contributed by atoms with van der Waals surface area (Å²) >= 11 is 0. The minimum absolute atomic E-state index is 0.672. The van der Waals surface area contributed by atoms with Gasteiger partial charge in [-0.2, -0.15) is 0 Å². The molecule has 1 nitrogen and oxygen atoms in total. The monoisotopic (exact) mass is 181 g/mol. The molecule has 1 atom stereocenters. The fourth-order valence-corrected chi connectivity index (χ4v) is 3.00. The van der Waals surface area contributed by atoms with Crippen molar-refractivity contribution in [3.8, 4) is 0 Å². The van der Waals surface area contributed by atoms with E-state index in [4.69, 9.17) is 0 Å². The summed E-state index contributed by atoms with van der Waals surface area (Å²) in [6.07, 6.45) is 8.83. The van der Waals surface area contributed by atoms with Crippen molar-refractivity contribution >= 4 is 0 Å². The topological polar surface area (TPSA) is 12.0 Å². The van der Waals surface area contributed by atoms with Gasteiger partial charge in [-0.3, -0.25) is 0 Å².